The smallest absolute Gasteiger partial charge is 0.283 e. The minimum Gasteiger partial charge on any atom is -0.504 e. The van der Waals surface area contributed by atoms with Gasteiger partial charge in [0, 0.05) is 0 Å². The molecular formula is C10H12N6O2. The number of aromatic hydroxyl groups is 1. The number of aromatic nitrogens is 4. The average molecular weight is 248 g/mol. The number of phenolic OH excluding ortho intramolecular Hbond substituents is 1. The number of H-pyrrole nitrogens is 1. The van der Waals surface area contributed by atoms with Crippen molar-refractivity contribution in [3.05, 3.63) is 23.8 Å². The number of hydrogen-bond donors (Lipinski definition) is 3. The number of nitrogens with one attached hydrogen (secondary N) is 2. The minimum absolute atomic E-state index is 0.0973. The second-order valence-electron chi connectivity index (χ2n) is 3.27. The molecule has 0 spiro atoms. The SMILES string of the molecule is CCOc1cc(/C=N/Nc2nn[nH]n2)ccc1O. The molecule has 0 amide bonds. The highest BCUT2D eigenvalue weighted by atomic mass is 16.5. The van der Waals surface area contributed by atoms with E-state index < -0.39 is 0 Å². The van der Waals surface area contributed by atoms with Crippen molar-refractivity contribution in [2.45, 2.75) is 6.92 Å². The minimum atomic E-state index is 0.0973. The highest BCUT2D eigenvalue weighted by Crippen LogP contribution is 2.26. The molecule has 0 atom stereocenters. The number of hydrogen-bond acceptors (Lipinski definition) is 7. The lowest BCUT2D eigenvalue weighted by molar-refractivity contribution is 0.318. The van der Waals surface area contributed by atoms with Gasteiger partial charge < -0.3 is 9.84 Å². The molecule has 0 fully saturated rings. The molecule has 8 heteroatoms. The van der Waals surface area contributed by atoms with Gasteiger partial charge in [-0.2, -0.15) is 10.3 Å². The van der Waals surface area contributed by atoms with E-state index in [1.54, 1.807) is 24.4 Å². The standard InChI is InChI=1S/C10H12N6O2/c1-2-18-9-5-7(3-4-8(9)17)6-11-12-10-13-15-16-14-10/h3-6,17H,2H2,1H3,(H2,12,13,14,15,16)/b11-6+. The summed E-state index contributed by atoms with van der Waals surface area (Å²) in [6, 6.07) is 4.93. The summed E-state index contributed by atoms with van der Waals surface area (Å²) < 4.78 is 5.26. The fraction of sp³-hybridized carbons (Fsp3) is 0.200. The van der Waals surface area contributed by atoms with Crippen LogP contribution in [0.1, 0.15) is 12.5 Å². The zero-order valence-corrected chi connectivity index (χ0v) is 9.66. The topological polar surface area (TPSA) is 108 Å². The van der Waals surface area contributed by atoms with E-state index in [0.717, 1.165) is 5.56 Å². The number of phenols is 1. The van der Waals surface area contributed by atoms with E-state index in [9.17, 15) is 5.11 Å². The molecule has 1 heterocycles. The van der Waals surface area contributed by atoms with E-state index in [1.807, 2.05) is 6.92 Å². The summed E-state index contributed by atoms with van der Waals surface area (Å²) in [6.45, 7) is 2.33. The maximum absolute atomic E-state index is 9.52. The molecule has 3 N–H and O–H groups in total. The lowest BCUT2D eigenvalue weighted by atomic mass is 10.2. The maximum atomic E-state index is 9.52. The first-order valence-electron chi connectivity index (χ1n) is 5.28. The Morgan fingerprint density at radius 1 is 1.56 bits per heavy atom. The Labute approximate surface area is 103 Å². The van der Waals surface area contributed by atoms with Crippen molar-refractivity contribution in [2.24, 2.45) is 5.10 Å². The second-order valence-corrected chi connectivity index (χ2v) is 3.27. The lowest BCUT2D eigenvalue weighted by Gasteiger charge is -2.05. The van der Waals surface area contributed by atoms with E-state index in [0.29, 0.717) is 12.4 Å². The van der Waals surface area contributed by atoms with Crippen LogP contribution in [-0.2, 0) is 0 Å². The molecule has 0 bridgehead atoms. The van der Waals surface area contributed by atoms with Gasteiger partial charge in [-0.05, 0) is 35.9 Å². The van der Waals surface area contributed by atoms with Gasteiger partial charge in [0.1, 0.15) is 0 Å². The van der Waals surface area contributed by atoms with Crippen LogP contribution in [0.15, 0.2) is 23.3 Å². The molecule has 18 heavy (non-hydrogen) atoms. The zero-order chi connectivity index (χ0) is 12.8. The number of anilines is 1. The number of rotatable bonds is 5. The van der Waals surface area contributed by atoms with Crippen molar-refractivity contribution in [3.8, 4) is 11.5 Å². The van der Waals surface area contributed by atoms with E-state index in [1.165, 1.54) is 0 Å². The van der Waals surface area contributed by atoms with Crippen molar-refractivity contribution < 1.29 is 9.84 Å². The summed E-state index contributed by atoms with van der Waals surface area (Å²) in [6.07, 6.45) is 1.55. The third-order valence-electron chi connectivity index (χ3n) is 2.01. The Morgan fingerprint density at radius 3 is 3.17 bits per heavy atom. The quantitative estimate of drug-likeness (QED) is 0.532. The van der Waals surface area contributed by atoms with Crippen LogP contribution in [0.4, 0.5) is 5.95 Å². The third kappa shape index (κ3) is 2.94. The summed E-state index contributed by atoms with van der Waals surface area (Å²) in [7, 11) is 0. The maximum Gasteiger partial charge on any atom is 0.283 e. The Morgan fingerprint density at radius 2 is 2.44 bits per heavy atom. The van der Waals surface area contributed by atoms with Crippen molar-refractivity contribution >= 4 is 12.2 Å². The molecule has 0 aliphatic rings. The fourth-order valence-electron chi connectivity index (χ4n) is 1.26. The Hall–Kier alpha value is -2.64. The van der Waals surface area contributed by atoms with Crippen molar-refractivity contribution in [3.63, 3.8) is 0 Å². The van der Waals surface area contributed by atoms with Gasteiger partial charge in [-0.25, -0.2) is 5.43 Å². The monoisotopic (exact) mass is 248 g/mol. The average Bonchev–Trinajstić information content (AvgIpc) is 2.87. The van der Waals surface area contributed by atoms with Gasteiger partial charge in [0.2, 0.25) is 0 Å². The molecule has 0 radical (unpaired) electrons. The van der Waals surface area contributed by atoms with Gasteiger partial charge in [0.05, 0.1) is 12.8 Å². The highest BCUT2D eigenvalue weighted by molar-refractivity contribution is 5.81. The Bertz CT molecular complexity index is 525. The molecular weight excluding hydrogens is 236 g/mol. The first-order chi connectivity index (χ1) is 8.79. The molecule has 1 aromatic carbocycles. The first kappa shape index (κ1) is 11.8. The lowest BCUT2D eigenvalue weighted by Crippen LogP contribution is -1.95. The van der Waals surface area contributed by atoms with Crippen LogP contribution in [0.2, 0.25) is 0 Å². The second kappa shape index (κ2) is 5.62. The molecule has 0 saturated carbocycles. The van der Waals surface area contributed by atoms with Crippen molar-refractivity contribution in [1.29, 1.82) is 0 Å². The molecule has 0 unspecified atom stereocenters. The number of tetrazole rings is 1. The zero-order valence-electron chi connectivity index (χ0n) is 9.66. The molecule has 8 nitrogen and oxygen atoms in total. The molecule has 0 aliphatic carbocycles. The van der Waals surface area contributed by atoms with Crippen LogP contribution >= 0.6 is 0 Å². The number of benzene rings is 1. The molecule has 2 aromatic rings. The van der Waals surface area contributed by atoms with Gasteiger partial charge in [0.15, 0.2) is 11.5 Å². The summed E-state index contributed by atoms with van der Waals surface area (Å²) in [5.41, 5.74) is 3.36. The van der Waals surface area contributed by atoms with E-state index in [-0.39, 0.29) is 11.7 Å². The summed E-state index contributed by atoms with van der Waals surface area (Å²) in [5, 5.41) is 26.4. The Kier molecular flexibility index (Phi) is 3.69. The number of aromatic amines is 1. The van der Waals surface area contributed by atoms with E-state index in [2.05, 4.69) is 31.2 Å². The van der Waals surface area contributed by atoms with Gasteiger partial charge >= 0.3 is 0 Å². The highest BCUT2D eigenvalue weighted by Gasteiger charge is 2.02. The van der Waals surface area contributed by atoms with Crippen LogP contribution in [0.3, 0.4) is 0 Å². The van der Waals surface area contributed by atoms with Gasteiger partial charge in [-0.15, -0.1) is 5.10 Å². The van der Waals surface area contributed by atoms with Crippen LogP contribution in [-0.4, -0.2) is 38.6 Å². The summed E-state index contributed by atoms with van der Waals surface area (Å²) in [5.74, 6) is 0.788. The Balaban J connectivity index is 2.04. The van der Waals surface area contributed by atoms with Crippen LogP contribution in [0.25, 0.3) is 0 Å². The largest absolute Gasteiger partial charge is 0.504 e. The molecule has 0 aliphatic heterocycles. The molecule has 1 aromatic heterocycles. The number of ether oxygens (including phenoxy) is 1. The van der Waals surface area contributed by atoms with Gasteiger partial charge in [-0.3, -0.25) is 0 Å². The first-order valence-corrected chi connectivity index (χ1v) is 5.28. The van der Waals surface area contributed by atoms with Gasteiger partial charge in [-0.1, -0.05) is 5.10 Å². The van der Waals surface area contributed by atoms with Crippen molar-refractivity contribution in [2.75, 3.05) is 12.0 Å². The molecule has 94 valence electrons. The van der Waals surface area contributed by atoms with E-state index >= 15 is 0 Å². The predicted molar refractivity (Wildman–Crippen MR) is 64.7 cm³/mol. The van der Waals surface area contributed by atoms with E-state index in [4.69, 9.17) is 4.74 Å². The van der Waals surface area contributed by atoms with Crippen LogP contribution in [0, 0.1) is 0 Å². The number of nitrogens with zero attached hydrogens (tertiary/aromatic N) is 4. The number of hydrazone groups is 1. The summed E-state index contributed by atoms with van der Waals surface area (Å²) in [4.78, 5) is 0. The van der Waals surface area contributed by atoms with Crippen molar-refractivity contribution in [1.82, 2.24) is 20.6 Å². The van der Waals surface area contributed by atoms with Crippen LogP contribution in [0.5, 0.6) is 11.5 Å². The molecule has 0 saturated heterocycles. The fourth-order valence-corrected chi connectivity index (χ4v) is 1.26. The van der Waals surface area contributed by atoms with Gasteiger partial charge in [0.25, 0.3) is 5.95 Å². The molecule has 2 rings (SSSR count). The van der Waals surface area contributed by atoms with Crippen LogP contribution < -0.4 is 10.2 Å². The normalized spacial score (nSPS) is 10.7. The summed E-state index contributed by atoms with van der Waals surface area (Å²) >= 11 is 0. The predicted octanol–water partition coefficient (Wildman–Crippen LogP) is 0.750. The third-order valence-corrected chi connectivity index (χ3v) is 2.01.